The molecule has 1 aliphatic rings. The van der Waals surface area contributed by atoms with Crippen LogP contribution in [0.15, 0.2) is 0 Å². The number of hydrogen-bond donors (Lipinski definition) is 2. The molecule has 1 fully saturated rings. The number of carbonyl (C=O) groups is 2. The lowest BCUT2D eigenvalue weighted by atomic mass is 9.94. The molecule has 4 nitrogen and oxygen atoms in total. The predicted octanol–water partition coefficient (Wildman–Crippen LogP) is 1.02. The van der Waals surface area contributed by atoms with Crippen molar-refractivity contribution < 1.29 is 14.7 Å². The molecule has 88 valence electrons. The molecular formula is C12H17NO3. The Morgan fingerprint density at radius 1 is 1.38 bits per heavy atom. The number of carboxylic acid groups (broad SMARTS) is 1. The summed E-state index contributed by atoms with van der Waals surface area (Å²) in [7, 11) is 0. The molecule has 0 unspecified atom stereocenters. The highest BCUT2D eigenvalue weighted by molar-refractivity contribution is 5.85. The number of terminal acetylenes is 1. The zero-order valence-electron chi connectivity index (χ0n) is 9.62. The van der Waals surface area contributed by atoms with Crippen molar-refractivity contribution in [3.05, 3.63) is 0 Å². The van der Waals surface area contributed by atoms with E-state index in [9.17, 15) is 9.59 Å². The molecule has 1 amide bonds. The smallest absolute Gasteiger partial charge is 0.307 e. The summed E-state index contributed by atoms with van der Waals surface area (Å²) in [6.45, 7) is 3.44. The maximum Gasteiger partial charge on any atom is 0.307 e. The van der Waals surface area contributed by atoms with Gasteiger partial charge in [-0.3, -0.25) is 9.59 Å². The van der Waals surface area contributed by atoms with Gasteiger partial charge in [0.25, 0.3) is 0 Å². The molecule has 0 aromatic rings. The van der Waals surface area contributed by atoms with Crippen LogP contribution in [0.3, 0.4) is 0 Å². The zero-order valence-corrected chi connectivity index (χ0v) is 9.62. The summed E-state index contributed by atoms with van der Waals surface area (Å²) in [4.78, 5) is 22.8. The van der Waals surface area contributed by atoms with Crippen LogP contribution in [0.5, 0.6) is 0 Å². The summed E-state index contributed by atoms with van der Waals surface area (Å²) in [6.07, 6.45) is 7.25. The lowest BCUT2D eigenvalue weighted by Gasteiger charge is -2.23. The largest absolute Gasteiger partial charge is 0.481 e. The van der Waals surface area contributed by atoms with E-state index in [4.69, 9.17) is 11.5 Å². The fourth-order valence-corrected chi connectivity index (χ4v) is 2.01. The number of rotatable bonds is 3. The highest BCUT2D eigenvalue weighted by Gasteiger charge is 2.38. The fourth-order valence-electron chi connectivity index (χ4n) is 2.01. The summed E-state index contributed by atoms with van der Waals surface area (Å²) < 4.78 is 0. The van der Waals surface area contributed by atoms with E-state index in [0.29, 0.717) is 12.8 Å². The molecule has 2 N–H and O–H groups in total. The number of amides is 1. The van der Waals surface area contributed by atoms with Crippen LogP contribution >= 0.6 is 0 Å². The maximum atomic E-state index is 11.9. The first-order chi connectivity index (χ1) is 7.37. The molecule has 0 aromatic carbocycles. The minimum Gasteiger partial charge on any atom is -0.481 e. The fraction of sp³-hybridized carbons (Fsp3) is 0.667. The Hall–Kier alpha value is -1.50. The third-order valence-electron chi connectivity index (χ3n) is 2.97. The maximum absolute atomic E-state index is 11.9. The number of carboxylic acids is 1. The summed E-state index contributed by atoms with van der Waals surface area (Å²) in [5, 5.41) is 11.7. The van der Waals surface area contributed by atoms with Gasteiger partial charge in [-0.25, -0.2) is 0 Å². The van der Waals surface area contributed by atoms with Crippen molar-refractivity contribution >= 4 is 11.9 Å². The first-order valence-electron chi connectivity index (χ1n) is 5.40. The summed E-state index contributed by atoms with van der Waals surface area (Å²) in [5.74, 6) is 0.324. The van der Waals surface area contributed by atoms with Crippen LogP contribution in [-0.4, -0.2) is 22.5 Å². The second-order valence-corrected chi connectivity index (χ2v) is 4.74. The first kappa shape index (κ1) is 12.6. The Balaban J connectivity index is 2.68. The standard InChI is InChI=1S/C12H17NO3/c1-4-12(2,3)13-10(14)8-6-5-7-9(8)11(15)16/h1,8-9H,5-7H2,2-3H3,(H,13,14)(H,15,16)/t8-,9+/m1/s1. The Kier molecular flexibility index (Phi) is 3.58. The molecule has 0 aromatic heterocycles. The average molecular weight is 223 g/mol. The lowest BCUT2D eigenvalue weighted by Crippen LogP contribution is -2.46. The molecule has 4 heteroatoms. The number of aliphatic carboxylic acids is 1. The minimum absolute atomic E-state index is 0.243. The van der Waals surface area contributed by atoms with Crippen LogP contribution in [0.4, 0.5) is 0 Å². The van der Waals surface area contributed by atoms with Gasteiger partial charge in [0.15, 0.2) is 0 Å². The van der Waals surface area contributed by atoms with E-state index in [1.807, 2.05) is 0 Å². The first-order valence-corrected chi connectivity index (χ1v) is 5.40. The van der Waals surface area contributed by atoms with Gasteiger partial charge in [-0.05, 0) is 26.7 Å². The van der Waals surface area contributed by atoms with Gasteiger partial charge in [0.2, 0.25) is 5.91 Å². The molecule has 1 aliphatic carbocycles. The molecule has 1 rings (SSSR count). The highest BCUT2D eigenvalue weighted by Crippen LogP contribution is 2.32. The van der Waals surface area contributed by atoms with E-state index < -0.39 is 23.3 Å². The van der Waals surface area contributed by atoms with Gasteiger partial charge in [-0.15, -0.1) is 6.42 Å². The van der Waals surface area contributed by atoms with Crippen LogP contribution in [0.2, 0.25) is 0 Å². The normalized spacial score (nSPS) is 24.8. The number of hydrogen-bond acceptors (Lipinski definition) is 2. The van der Waals surface area contributed by atoms with Crippen molar-refractivity contribution in [3.8, 4) is 12.3 Å². The van der Waals surface area contributed by atoms with Crippen molar-refractivity contribution in [1.82, 2.24) is 5.32 Å². The van der Waals surface area contributed by atoms with Gasteiger partial charge in [-0.2, -0.15) is 0 Å². The number of carbonyl (C=O) groups excluding carboxylic acids is 1. The van der Waals surface area contributed by atoms with Gasteiger partial charge in [0, 0.05) is 0 Å². The highest BCUT2D eigenvalue weighted by atomic mass is 16.4. The van der Waals surface area contributed by atoms with Crippen molar-refractivity contribution in [2.45, 2.75) is 38.6 Å². The Bertz CT molecular complexity index is 341. The summed E-state index contributed by atoms with van der Waals surface area (Å²) in [5.41, 5.74) is -0.720. The molecule has 2 atom stereocenters. The van der Waals surface area contributed by atoms with Crippen molar-refractivity contribution in [3.63, 3.8) is 0 Å². The summed E-state index contributed by atoms with van der Waals surface area (Å²) >= 11 is 0. The third kappa shape index (κ3) is 2.75. The van der Waals surface area contributed by atoms with Gasteiger partial charge in [0.05, 0.1) is 17.4 Å². The molecule has 0 aliphatic heterocycles. The minimum atomic E-state index is -0.892. The molecular weight excluding hydrogens is 206 g/mol. The van der Waals surface area contributed by atoms with Crippen LogP contribution in [-0.2, 0) is 9.59 Å². The zero-order chi connectivity index (χ0) is 12.3. The van der Waals surface area contributed by atoms with E-state index in [1.54, 1.807) is 13.8 Å². The monoisotopic (exact) mass is 223 g/mol. The van der Waals surface area contributed by atoms with Crippen molar-refractivity contribution in [1.29, 1.82) is 0 Å². The van der Waals surface area contributed by atoms with Crippen LogP contribution < -0.4 is 5.32 Å². The van der Waals surface area contributed by atoms with E-state index in [2.05, 4.69) is 11.2 Å². The molecule has 0 saturated heterocycles. The van der Waals surface area contributed by atoms with Gasteiger partial charge in [0.1, 0.15) is 0 Å². The predicted molar refractivity (Wildman–Crippen MR) is 59.5 cm³/mol. The SMILES string of the molecule is C#CC(C)(C)NC(=O)[C@@H]1CCC[C@@H]1C(=O)O. The molecule has 0 spiro atoms. The molecule has 1 saturated carbocycles. The van der Waals surface area contributed by atoms with E-state index >= 15 is 0 Å². The van der Waals surface area contributed by atoms with E-state index in [0.717, 1.165) is 6.42 Å². The second kappa shape index (κ2) is 4.56. The van der Waals surface area contributed by atoms with Crippen LogP contribution in [0.25, 0.3) is 0 Å². The Morgan fingerprint density at radius 3 is 2.44 bits per heavy atom. The van der Waals surface area contributed by atoms with Crippen molar-refractivity contribution in [2.24, 2.45) is 11.8 Å². The van der Waals surface area contributed by atoms with E-state index in [1.165, 1.54) is 0 Å². The van der Waals surface area contributed by atoms with Crippen molar-refractivity contribution in [2.75, 3.05) is 0 Å². The number of nitrogens with one attached hydrogen (secondary N) is 1. The van der Waals surface area contributed by atoms with Gasteiger partial charge in [-0.1, -0.05) is 12.3 Å². The lowest BCUT2D eigenvalue weighted by molar-refractivity contribution is -0.146. The van der Waals surface area contributed by atoms with Gasteiger partial charge < -0.3 is 10.4 Å². The topological polar surface area (TPSA) is 66.4 Å². The van der Waals surface area contributed by atoms with E-state index in [-0.39, 0.29) is 5.91 Å². The van der Waals surface area contributed by atoms with Crippen LogP contribution in [0.1, 0.15) is 33.1 Å². The summed E-state index contributed by atoms with van der Waals surface area (Å²) in [6, 6.07) is 0. The molecule has 0 bridgehead atoms. The van der Waals surface area contributed by atoms with Crippen LogP contribution in [0, 0.1) is 24.2 Å². The molecule has 16 heavy (non-hydrogen) atoms. The second-order valence-electron chi connectivity index (χ2n) is 4.74. The third-order valence-corrected chi connectivity index (χ3v) is 2.97. The quantitative estimate of drug-likeness (QED) is 0.702. The molecule has 0 heterocycles. The van der Waals surface area contributed by atoms with Gasteiger partial charge >= 0.3 is 5.97 Å². The molecule has 0 radical (unpaired) electrons. The Labute approximate surface area is 95.4 Å². The average Bonchev–Trinajstić information content (AvgIpc) is 2.65. The Morgan fingerprint density at radius 2 is 1.94 bits per heavy atom.